The largest absolute Gasteiger partial charge is 0.573 e. The zero-order valence-electron chi connectivity index (χ0n) is 12.7. The molecule has 2 rings (SSSR count). The lowest BCUT2D eigenvalue weighted by Crippen LogP contribution is -2.18. The fraction of sp³-hybridized carbons (Fsp3) is 0.250. The third kappa shape index (κ3) is 4.12. The zero-order valence-corrected chi connectivity index (χ0v) is 12.7. The highest BCUT2D eigenvalue weighted by Gasteiger charge is 2.37. The molecule has 0 aliphatic rings. The summed E-state index contributed by atoms with van der Waals surface area (Å²) in [7, 11) is 2.91. The summed E-state index contributed by atoms with van der Waals surface area (Å²) in [5, 5.41) is 0. The molecule has 0 radical (unpaired) electrons. The van der Waals surface area contributed by atoms with Gasteiger partial charge in [-0.3, -0.25) is 0 Å². The Labute approximate surface area is 134 Å². The molecule has 0 aliphatic heterocycles. The number of alkyl halides is 6. The highest BCUT2D eigenvalue weighted by Crippen LogP contribution is 2.43. The van der Waals surface area contributed by atoms with E-state index in [0.717, 1.165) is 12.1 Å². The Bertz CT molecular complexity index is 721. The minimum absolute atomic E-state index is 0.0206. The average Bonchev–Trinajstić information content (AvgIpc) is 2.44. The molecule has 0 N–H and O–H groups in total. The van der Waals surface area contributed by atoms with E-state index >= 15 is 0 Å². The summed E-state index contributed by atoms with van der Waals surface area (Å²) in [5.74, 6) is -0.580. The molecule has 0 atom stereocenters. The predicted molar refractivity (Wildman–Crippen MR) is 77.9 cm³/mol. The van der Waals surface area contributed by atoms with E-state index in [0.29, 0.717) is 0 Å². The van der Waals surface area contributed by atoms with E-state index < -0.39 is 23.9 Å². The van der Waals surface area contributed by atoms with Crippen LogP contribution in [0.2, 0.25) is 0 Å². The summed E-state index contributed by atoms with van der Waals surface area (Å²) in [6, 6.07) is 8.38. The van der Waals surface area contributed by atoms with Gasteiger partial charge in [0.2, 0.25) is 0 Å². The van der Waals surface area contributed by atoms with E-state index in [2.05, 4.69) is 4.74 Å². The molecule has 2 nitrogen and oxygen atoms in total. The Balaban J connectivity index is 2.61. The minimum Gasteiger partial charge on any atom is -0.406 e. The SMILES string of the molecule is CN(C)c1cccc(-c2cccc(OC(F)(F)F)c2)c1C(F)(F)F. The number of anilines is 1. The van der Waals surface area contributed by atoms with Gasteiger partial charge in [0.15, 0.2) is 0 Å². The molecule has 0 heterocycles. The van der Waals surface area contributed by atoms with Crippen molar-refractivity contribution in [3.05, 3.63) is 48.0 Å². The van der Waals surface area contributed by atoms with Gasteiger partial charge in [0.25, 0.3) is 0 Å². The van der Waals surface area contributed by atoms with Crippen molar-refractivity contribution in [3.63, 3.8) is 0 Å². The van der Waals surface area contributed by atoms with Crippen molar-refractivity contribution >= 4 is 5.69 Å². The molecule has 0 aliphatic carbocycles. The molecule has 2 aromatic carbocycles. The number of rotatable bonds is 3. The second-order valence-electron chi connectivity index (χ2n) is 5.17. The highest BCUT2D eigenvalue weighted by atomic mass is 19.4. The lowest BCUT2D eigenvalue weighted by atomic mass is 9.97. The van der Waals surface area contributed by atoms with Crippen LogP contribution in [-0.2, 0) is 6.18 Å². The molecule has 0 amide bonds. The summed E-state index contributed by atoms with van der Waals surface area (Å²) in [5.41, 5.74) is -1.24. The Morgan fingerprint density at radius 2 is 1.50 bits per heavy atom. The van der Waals surface area contributed by atoms with Gasteiger partial charge in [0.05, 0.1) is 5.56 Å². The Hall–Kier alpha value is -2.38. The first-order valence-corrected chi connectivity index (χ1v) is 6.73. The average molecular weight is 349 g/mol. The standard InChI is InChI=1S/C16H13F6NO/c1-23(2)13-8-4-7-12(14(13)15(17,18)19)10-5-3-6-11(9-10)24-16(20,21)22/h3-9H,1-2H3. The van der Waals surface area contributed by atoms with E-state index in [1.165, 1.54) is 49.3 Å². The third-order valence-electron chi connectivity index (χ3n) is 3.19. The summed E-state index contributed by atoms with van der Waals surface area (Å²) in [6.45, 7) is 0. The first-order chi connectivity index (χ1) is 11.0. The number of hydrogen-bond donors (Lipinski definition) is 0. The maximum atomic E-state index is 13.5. The fourth-order valence-corrected chi connectivity index (χ4v) is 2.31. The molecular weight excluding hydrogens is 336 g/mol. The van der Waals surface area contributed by atoms with Crippen LogP contribution in [0.1, 0.15) is 5.56 Å². The number of hydrogen-bond acceptors (Lipinski definition) is 2. The van der Waals surface area contributed by atoms with Crippen LogP contribution in [-0.4, -0.2) is 20.5 Å². The van der Waals surface area contributed by atoms with Crippen molar-refractivity contribution in [1.82, 2.24) is 0 Å². The van der Waals surface area contributed by atoms with Crippen LogP contribution in [0.15, 0.2) is 42.5 Å². The van der Waals surface area contributed by atoms with Crippen molar-refractivity contribution in [2.45, 2.75) is 12.5 Å². The van der Waals surface area contributed by atoms with Gasteiger partial charge in [0, 0.05) is 19.8 Å². The fourth-order valence-electron chi connectivity index (χ4n) is 2.31. The smallest absolute Gasteiger partial charge is 0.406 e. The van der Waals surface area contributed by atoms with E-state index in [1.807, 2.05) is 0 Å². The molecule has 0 saturated heterocycles. The summed E-state index contributed by atoms with van der Waals surface area (Å²) >= 11 is 0. The minimum atomic E-state index is -4.92. The van der Waals surface area contributed by atoms with Gasteiger partial charge in [0.1, 0.15) is 5.75 Å². The Morgan fingerprint density at radius 3 is 2.04 bits per heavy atom. The maximum Gasteiger partial charge on any atom is 0.573 e. The Morgan fingerprint density at radius 1 is 0.875 bits per heavy atom. The van der Waals surface area contributed by atoms with Gasteiger partial charge in [-0.2, -0.15) is 13.2 Å². The number of nitrogens with zero attached hydrogens (tertiary/aromatic N) is 1. The summed E-state index contributed by atoms with van der Waals surface area (Å²) < 4.78 is 81.2. The van der Waals surface area contributed by atoms with E-state index in [1.54, 1.807) is 0 Å². The highest BCUT2D eigenvalue weighted by molar-refractivity contribution is 5.76. The van der Waals surface area contributed by atoms with Gasteiger partial charge in [-0.15, -0.1) is 13.2 Å². The van der Waals surface area contributed by atoms with Crippen molar-refractivity contribution in [1.29, 1.82) is 0 Å². The zero-order chi connectivity index (χ0) is 18.1. The maximum absolute atomic E-state index is 13.5. The predicted octanol–water partition coefficient (Wildman–Crippen LogP) is 5.34. The number of ether oxygens (including phenoxy) is 1. The van der Waals surface area contributed by atoms with Crippen LogP contribution in [0.25, 0.3) is 11.1 Å². The molecule has 0 aromatic heterocycles. The molecule has 0 spiro atoms. The van der Waals surface area contributed by atoms with Crippen LogP contribution in [0.5, 0.6) is 5.75 Å². The molecule has 2 aromatic rings. The van der Waals surface area contributed by atoms with Crippen LogP contribution >= 0.6 is 0 Å². The molecule has 0 unspecified atom stereocenters. The van der Waals surface area contributed by atoms with Gasteiger partial charge < -0.3 is 9.64 Å². The van der Waals surface area contributed by atoms with Gasteiger partial charge in [-0.1, -0.05) is 24.3 Å². The number of benzene rings is 2. The quantitative estimate of drug-likeness (QED) is 0.694. The first kappa shape index (κ1) is 18.0. The third-order valence-corrected chi connectivity index (χ3v) is 3.19. The molecule has 0 bridgehead atoms. The van der Waals surface area contributed by atoms with Crippen molar-refractivity contribution < 1.29 is 31.1 Å². The van der Waals surface area contributed by atoms with Crippen molar-refractivity contribution in [2.24, 2.45) is 0 Å². The normalized spacial score (nSPS) is 12.2. The van der Waals surface area contributed by atoms with Crippen LogP contribution in [0, 0.1) is 0 Å². The second kappa shape index (κ2) is 6.26. The van der Waals surface area contributed by atoms with Gasteiger partial charge in [-0.05, 0) is 29.3 Å². The van der Waals surface area contributed by atoms with Crippen LogP contribution in [0.3, 0.4) is 0 Å². The van der Waals surface area contributed by atoms with E-state index in [-0.39, 0.29) is 16.8 Å². The van der Waals surface area contributed by atoms with E-state index in [9.17, 15) is 26.3 Å². The lowest BCUT2D eigenvalue weighted by Gasteiger charge is -2.22. The first-order valence-electron chi connectivity index (χ1n) is 6.73. The summed E-state index contributed by atoms with van der Waals surface area (Å²) in [6.07, 6.45) is -9.59. The van der Waals surface area contributed by atoms with Gasteiger partial charge in [-0.25, -0.2) is 0 Å². The number of halogens is 6. The molecule has 0 fully saturated rings. The molecule has 0 saturated carbocycles. The van der Waals surface area contributed by atoms with Crippen molar-refractivity contribution in [2.75, 3.05) is 19.0 Å². The molecule has 24 heavy (non-hydrogen) atoms. The monoisotopic (exact) mass is 349 g/mol. The second-order valence-corrected chi connectivity index (χ2v) is 5.17. The molecule has 8 heteroatoms. The van der Waals surface area contributed by atoms with Gasteiger partial charge >= 0.3 is 12.5 Å². The topological polar surface area (TPSA) is 12.5 Å². The molecule has 130 valence electrons. The van der Waals surface area contributed by atoms with E-state index in [4.69, 9.17) is 0 Å². The summed E-state index contributed by atoms with van der Waals surface area (Å²) in [4.78, 5) is 1.29. The molecular formula is C16H13F6NO. The van der Waals surface area contributed by atoms with Crippen molar-refractivity contribution in [3.8, 4) is 16.9 Å². The van der Waals surface area contributed by atoms with Crippen LogP contribution in [0.4, 0.5) is 32.0 Å². The Kier molecular flexibility index (Phi) is 4.68. The van der Waals surface area contributed by atoms with Crippen LogP contribution < -0.4 is 9.64 Å². The lowest BCUT2D eigenvalue weighted by molar-refractivity contribution is -0.274.